The van der Waals surface area contributed by atoms with Crippen LogP contribution in [0.4, 0.5) is 4.79 Å². The van der Waals surface area contributed by atoms with Crippen LogP contribution in [0.1, 0.15) is 101 Å². The number of nitrogens with one attached hydrogen (secondary N) is 3. The van der Waals surface area contributed by atoms with Crippen molar-refractivity contribution >= 4 is 39.7 Å². The van der Waals surface area contributed by atoms with E-state index in [1.807, 2.05) is 43.1 Å². The van der Waals surface area contributed by atoms with Crippen molar-refractivity contribution < 1.29 is 19.1 Å². The molecule has 63 heavy (non-hydrogen) atoms. The van der Waals surface area contributed by atoms with Crippen molar-refractivity contribution in [2.75, 3.05) is 26.7 Å². The van der Waals surface area contributed by atoms with Gasteiger partial charge in [-0.15, -0.1) is 0 Å². The quantitative estimate of drug-likeness (QED) is 0.125. The van der Waals surface area contributed by atoms with Crippen LogP contribution in [-0.2, 0) is 14.3 Å². The summed E-state index contributed by atoms with van der Waals surface area (Å²) in [6.45, 7) is 8.74. The van der Waals surface area contributed by atoms with E-state index in [2.05, 4.69) is 98.7 Å². The highest BCUT2D eigenvalue weighted by atomic mass is 16.5. The van der Waals surface area contributed by atoms with Gasteiger partial charge in [-0.3, -0.25) is 14.5 Å². The molecule has 1 aliphatic carbocycles. The number of benzene rings is 4. The maximum Gasteiger partial charge on any atom is 0.407 e. The molecule has 0 radical (unpaired) electrons. The van der Waals surface area contributed by atoms with E-state index in [1.54, 1.807) is 0 Å². The molecule has 12 heteroatoms. The monoisotopic (exact) mass is 846 g/mol. The number of nitrogens with zero attached hydrogens (tertiary/aromatic N) is 5. The lowest BCUT2D eigenvalue weighted by Gasteiger charge is -2.33. The molecule has 2 aromatic heterocycles. The molecule has 7 atom stereocenters. The number of hydrogen-bond acceptors (Lipinski definition) is 7. The molecule has 4 fully saturated rings. The van der Waals surface area contributed by atoms with E-state index in [0.717, 1.165) is 126 Å². The van der Waals surface area contributed by atoms with Crippen LogP contribution < -0.4 is 5.32 Å². The maximum absolute atomic E-state index is 14.5. The highest BCUT2D eigenvalue weighted by Gasteiger charge is 2.49. The molecule has 326 valence electrons. The lowest BCUT2D eigenvalue weighted by molar-refractivity contribution is -0.138. The number of carbonyl (C=O) groups is 3. The second-order valence-electron chi connectivity index (χ2n) is 18.8. The third kappa shape index (κ3) is 7.76. The van der Waals surface area contributed by atoms with Crippen LogP contribution in [0.3, 0.4) is 0 Å². The molecule has 3 aliphatic heterocycles. The summed E-state index contributed by atoms with van der Waals surface area (Å²) in [5.41, 5.74) is 7.01. The minimum Gasteiger partial charge on any atom is -0.453 e. The molecular formula is C51H58N8O4. The minimum atomic E-state index is -0.682. The summed E-state index contributed by atoms with van der Waals surface area (Å²) >= 11 is 0. The van der Waals surface area contributed by atoms with Crippen LogP contribution in [0.15, 0.2) is 91.1 Å². The van der Waals surface area contributed by atoms with E-state index in [0.29, 0.717) is 11.8 Å². The second-order valence-corrected chi connectivity index (χ2v) is 18.8. The minimum absolute atomic E-state index is 0.0738. The smallest absolute Gasteiger partial charge is 0.407 e. The summed E-state index contributed by atoms with van der Waals surface area (Å²) in [5, 5.41) is 5.05. The molecule has 5 heterocycles. The molecular weight excluding hydrogens is 789 g/mol. The van der Waals surface area contributed by atoms with E-state index >= 15 is 0 Å². The van der Waals surface area contributed by atoms with Crippen molar-refractivity contribution in [2.45, 2.75) is 95.9 Å². The van der Waals surface area contributed by atoms with E-state index < -0.39 is 12.1 Å². The van der Waals surface area contributed by atoms with E-state index in [4.69, 9.17) is 14.7 Å². The third-order valence-electron chi connectivity index (χ3n) is 14.3. The normalized spacial score (nSPS) is 23.5. The van der Waals surface area contributed by atoms with Crippen LogP contribution in [0.5, 0.6) is 0 Å². The van der Waals surface area contributed by atoms with Gasteiger partial charge < -0.3 is 29.8 Å². The largest absolute Gasteiger partial charge is 0.453 e. The number of amides is 3. The van der Waals surface area contributed by atoms with Crippen molar-refractivity contribution in [1.29, 1.82) is 0 Å². The second kappa shape index (κ2) is 16.9. The van der Waals surface area contributed by atoms with Crippen LogP contribution in [0.2, 0.25) is 0 Å². The van der Waals surface area contributed by atoms with Crippen molar-refractivity contribution in [1.82, 2.24) is 40.0 Å². The average molecular weight is 847 g/mol. The zero-order valence-corrected chi connectivity index (χ0v) is 36.7. The van der Waals surface area contributed by atoms with Gasteiger partial charge >= 0.3 is 6.09 Å². The summed E-state index contributed by atoms with van der Waals surface area (Å²) in [5.74, 6) is 2.42. The van der Waals surface area contributed by atoms with Crippen molar-refractivity contribution in [2.24, 2.45) is 17.8 Å². The molecule has 12 nitrogen and oxygen atoms in total. The number of alkyl carbamates (subject to hydrolysis) is 1. The number of aromatic nitrogens is 4. The lowest BCUT2D eigenvalue weighted by atomic mass is 9.99. The summed E-state index contributed by atoms with van der Waals surface area (Å²) in [4.78, 5) is 64.6. The third-order valence-corrected chi connectivity index (χ3v) is 14.3. The first kappa shape index (κ1) is 41.0. The summed E-state index contributed by atoms with van der Waals surface area (Å²) in [6.07, 6.45) is 8.44. The van der Waals surface area contributed by atoms with Crippen LogP contribution in [-0.4, -0.2) is 91.4 Å². The highest BCUT2D eigenvalue weighted by molar-refractivity contribution is 5.92. The Kier molecular flexibility index (Phi) is 11.0. The predicted molar refractivity (Wildman–Crippen MR) is 244 cm³/mol. The Labute approximate surface area is 368 Å². The molecule has 0 spiro atoms. The number of fused-ring (bicyclic) bond motifs is 3. The molecule has 3 amide bonds. The Bertz CT molecular complexity index is 2650. The first-order chi connectivity index (χ1) is 30.6. The van der Waals surface area contributed by atoms with E-state index in [9.17, 15) is 14.4 Å². The molecule has 4 aromatic carbocycles. The molecule has 1 saturated carbocycles. The number of hydrogen-bond donors (Lipinski definition) is 3. The zero-order valence-electron chi connectivity index (χ0n) is 36.7. The Morgan fingerprint density at radius 1 is 0.794 bits per heavy atom. The fourth-order valence-corrected chi connectivity index (χ4v) is 11.2. The Hall–Kier alpha value is -6.01. The predicted octanol–water partition coefficient (Wildman–Crippen LogP) is 9.34. The van der Waals surface area contributed by atoms with Gasteiger partial charge in [0.05, 0.1) is 42.1 Å². The topological polar surface area (TPSA) is 140 Å². The molecule has 3 N–H and O–H groups in total. The van der Waals surface area contributed by atoms with Gasteiger partial charge in [0.1, 0.15) is 23.7 Å². The molecule has 4 aliphatic rings. The molecule has 3 saturated heterocycles. The Balaban J connectivity index is 0.875. The van der Waals surface area contributed by atoms with Gasteiger partial charge in [-0.25, -0.2) is 14.8 Å². The number of rotatable bonds is 10. The number of H-pyrrole nitrogens is 2. The van der Waals surface area contributed by atoms with Gasteiger partial charge in [0.15, 0.2) is 0 Å². The molecule has 6 aromatic rings. The molecule has 0 unspecified atom stereocenters. The summed E-state index contributed by atoms with van der Waals surface area (Å²) in [6, 6.07) is 28.5. The number of ether oxygens (including phenoxy) is 1. The zero-order chi connectivity index (χ0) is 43.4. The number of aromatic amines is 2. The van der Waals surface area contributed by atoms with Crippen LogP contribution in [0, 0.1) is 17.8 Å². The van der Waals surface area contributed by atoms with Crippen molar-refractivity contribution in [3.05, 3.63) is 108 Å². The van der Waals surface area contributed by atoms with Gasteiger partial charge in [-0.1, -0.05) is 87.9 Å². The molecule has 0 bridgehead atoms. The van der Waals surface area contributed by atoms with Gasteiger partial charge in [0.2, 0.25) is 11.8 Å². The summed E-state index contributed by atoms with van der Waals surface area (Å²) in [7, 11) is 1.32. The lowest BCUT2D eigenvalue weighted by Crippen LogP contribution is -2.53. The maximum atomic E-state index is 14.5. The van der Waals surface area contributed by atoms with Gasteiger partial charge in [0, 0.05) is 18.2 Å². The highest BCUT2D eigenvalue weighted by Crippen LogP contribution is 2.48. The van der Waals surface area contributed by atoms with Crippen LogP contribution >= 0.6 is 0 Å². The number of methoxy groups -OCH3 is 1. The average Bonchev–Trinajstić information content (AvgIpc) is 4.16. The first-order valence-corrected chi connectivity index (χ1v) is 23.0. The SMILES string of the molecule is COC(=O)N[C@H](C(=O)N1[C@H](c2nc3ccc(-c4ccc5cc(-c6cnc([C@@H]7C[C@H](C)CN7C(=O)[C@@H](c7ccccc7)N7CCCC7)[nH]6)ccc5c4)cc3[nH]2)C[C@@H]2CCC[C@@H]21)C(C)C. The van der Waals surface area contributed by atoms with Gasteiger partial charge in [-0.05, 0) is 121 Å². The Morgan fingerprint density at radius 2 is 1.52 bits per heavy atom. The Morgan fingerprint density at radius 3 is 2.29 bits per heavy atom. The van der Waals surface area contributed by atoms with Crippen molar-refractivity contribution in [3.8, 4) is 22.4 Å². The fourth-order valence-electron chi connectivity index (χ4n) is 11.2. The van der Waals surface area contributed by atoms with Gasteiger partial charge in [-0.2, -0.15) is 0 Å². The van der Waals surface area contributed by atoms with Gasteiger partial charge in [0.25, 0.3) is 0 Å². The summed E-state index contributed by atoms with van der Waals surface area (Å²) < 4.78 is 4.88. The number of imidazole rings is 2. The van der Waals surface area contributed by atoms with E-state index in [-0.39, 0.29) is 41.9 Å². The number of likely N-dealkylation sites (tertiary alicyclic amines) is 3. The number of carbonyl (C=O) groups excluding carboxylic acids is 3. The first-order valence-electron chi connectivity index (χ1n) is 23.0. The van der Waals surface area contributed by atoms with E-state index in [1.165, 1.54) is 7.11 Å². The van der Waals surface area contributed by atoms with Crippen molar-refractivity contribution in [3.63, 3.8) is 0 Å². The molecule has 10 rings (SSSR count). The standard InChI is InChI=1S/C51H58N8O4/c1-30(2)45(56-51(62)63-4)49(60)59-42-14-10-13-38(42)27-44(59)48-53-39-20-19-36(26-40(39)54-48)34-15-16-35-25-37(18-17-33(35)24-34)41-28-52-47(55-41)43-23-31(3)29-58(43)50(61)46(57-21-8-9-22-57)32-11-6-5-7-12-32/h5-7,11-12,15-20,24-26,28,30-31,38,42-46H,8-10,13-14,21-23,27,29H2,1-4H3,(H,52,55)(H,53,54)(H,56,62)/t31-,38-,42-,43-,44-,45-,46+/m0/s1. The van der Waals surface area contributed by atoms with Crippen LogP contribution in [0.25, 0.3) is 44.2 Å². The fraction of sp³-hybridized carbons (Fsp3) is 0.431.